The molecule has 0 aliphatic rings. The summed E-state index contributed by atoms with van der Waals surface area (Å²) in [7, 11) is 0. The third kappa shape index (κ3) is 1.80. The number of fused-ring (bicyclic) bond motifs is 1. The summed E-state index contributed by atoms with van der Waals surface area (Å²) in [6.45, 7) is 2.12. The van der Waals surface area contributed by atoms with E-state index in [0.29, 0.717) is 0 Å². The first kappa shape index (κ1) is 10.0. The second-order valence-corrected chi connectivity index (χ2v) is 4.23. The van der Waals surface area contributed by atoms with Crippen LogP contribution in [0.4, 0.5) is 0 Å². The molecule has 82 valence electrons. The Balaban J connectivity index is 2.22. The van der Waals surface area contributed by atoms with Gasteiger partial charge in [0.25, 0.3) is 0 Å². The minimum Gasteiger partial charge on any atom is -0.256 e. The molecule has 0 N–H and O–H groups in total. The maximum Gasteiger partial charge on any atom is 0.0711 e. The van der Waals surface area contributed by atoms with Gasteiger partial charge >= 0.3 is 0 Å². The van der Waals surface area contributed by atoms with Gasteiger partial charge in [-0.15, -0.1) is 0 Å². The van der Waals surface area contributed by atoms with Crippen LogP contribution < -0.4 is 0 Å². The molecule has 0 saturated heterocycles. The second-order valence-electron chi connectivity index (χ2n) is 4.23. The lowest BCUT2D eigenvalue weighted by Crippen LogP contribution is -1.86. The van der Waals surface area contributed by atoms with Gasteiger partial charge in [0.2, 0.25) is 0 Å². The number of aromatic nitrogens is 1. The SMILES string of the molecule is Cc1ccccc1-c1cc2ccccc2cn1. The monoisotopic (exact) mass is 219 g/mol. The zero-order valence-electron chi connectivity index (χ0n) is 9.72. The maximum atomic E-state index is 4.54. The Bertz CT molecular complexity index is 671. The molecule has 0 radical (unpaired) electrons. The Kier molecular flexibility index (Phi) is 2.37. The van der Waals surface area contributed by atoms with Gasteiger partial charge in [-0.05, 0) is 23.9 Å². The van der Waals surface area contributed by atoms with E-state index in [0.717, 1.165) is 5.69 Å². The normalized spacial score (nSPS) is 10.6. The van der Waals surface area contributed by atoms with Crippen molar-refractivity contribution in [1.82, 2.24) is 4.98 Å². The predicted molar refractivity (Wildman–Crippen MR) is 71.9 cm³/mol. The number of aryl methyl sites for hydroxylation is 1. The standard InChI is InChI=1S/C16H13N/c1-12-6-2-5-9-15(12)16-10-13-7-3-4-8-14(13)11-17-16/h2-11H,1H3. The number of pyridine rings is 1. The molecule has 1 heteroatoms. The van der Waals surface area contributed by atoms with Crippen LogP contribution >= 0.6 is 0 Å². The number of benzene rings is 2. The minimum absolute atomic E-state index is 1.04. The van der Waals surface area contributed by atoms with Crippen LogP contribution in [0, 0.1) is 6.92 Å². The van der Waals surface area contributed by atoms with Crippen LogP contribution in [0.5, 0.6) is 0 Å². The molecule has 3 aromatic rings. The van der Waals surface area contributed by atoms with Crippen LogP contribution in [-0.4, -0.2) is 4.98 Å². The van der Waals surface area contributed by atoms with Crippen molar-refractivity contribution >= 4 is 10.8 Å². The predicted octanol–water partition coefficient (Wildman–Crippen LogP) is 4.21. The maximum absolute atomic E-state index is 4.54. The molecule has 0 fully saturated rings. The van der Waals surface area contributed by atoms with Crippen molar-refractivity contribution in [3.63, 3.8) is 0 Å². The van der Waals surface area contributed by atoms with E-state index in [1.54, 1.807) is 0 Å². The number of hydrogen-bond acceptors (Lipinski definition) is 1. The van der Waals surface area contributed by atoms with Gasteiger partial charge in [0.1, 0.15) is 0 Å². The summed E-state index contributed by atoms with van der Waals surface area (Å²) in [6.07, 6.45) is 1.94. The van der Waals surface area contributed by atoms with Crippen molar-refractivity contribution in [1.29, 1.82) is 0 Å². The van der Waals surface area contributed by atoms with E-state index >= 15 is 0 Å². The third-order valence-electron chi connectivity index (χ3n) is 3.05. The molecule has 0 aliphatic heterocycles. The van der Waals surface area contributed by atoms with Crippen LogP contribution in [0.1, 0.15) is 5.56 Å². The summed E-state index contributed by atoms with van der Waals surface area (Å²) in [6, 6.07) is 18.8. The van der Waals surface area contributed by atoms with E-state index in [1.165, 1.54) is 21.9 Å². The van der Waals surface area contributed by atoms with Crippen molar-refractivity contribution in [2.24, 2.45) is 0 Å². The average Bonchev–Trinajstić information content (AvgIpc) is 2.39. The molecule has 0 atom stereocenters. The Morgan fingerprint density at radius 1 is 0.824 bits per heavy atom. The molecule has 0 spiro atoms. The molecule has 1 nitrogen and oxygen atoms in total. The van der Waals surface area contributed by atoms with Crippen LogP contribution in [0.15, 0.2) is 60.8 Å². The van der Waals surface area contributed by atoms with Crippen molar-refractivity contribution in [3.05, 3.63) is 66.4 Å². The zero-order valence-corrected chi connectivity index (χ0v) is 9.72. The minimum atomic E-state index is 1.04. The van der Waals surface area contributed by atoms with Crippen molar-refractivity contribution in [2.75, 3.05) is 0 Å². The molecule has 3 rings (SSSR count). The molecular weight excluding hydrogens is 206 g/mol. The molecular formula is C16H13N. The molecule has 0 unspecified atom stereocenters. The average molecular weight is 219 g/mol. The van der Waals surface area contributed by atoms with Crippen molar-refractivity contribution < 1.29 is 0 Å². The molecule has 0 bridgehead atoms. The smallest absolute Gasteiger partial charge is 0.0711 e. The summed E-state index contributed by atoms with van der Waals surface area (Å²) in [5.41, 5.74) is 3.51. The van der Waals surface area contributed by atoms with E-state index in [-0.39, 0.29) is 0 Å². The molecule has 2 aromatic carbocycles. The number of rotatable bonds is 1. The second kappa shape index (κ2) is 4.02. The van der Waals surface area contributed by atoms with E-state index in [9.17, 15) is 0 Å². The number of hydrogen-bond donors (Lipinski definition) is 0. The van der Waals surface area contributed by atoms with E-state index in [4.69, 9.17) is 0 Å². The lowest BCUT2D eigenvalue weighted by molar-refractivity contribution is 1.33. The third-order valence-corrected chi connectivity index (χ3v) is 3.05. The van der Waals surface area contributed by atoms with Gasteiger partial charge in [-0.2, -0.15) is 0 Å². The van der Waals surface area contributed by atoms with Gasteiger partial charge in [0.05, 0.1) is 5.69 Å². The molecule has 0 saturated carbocycles. The van der Waals surface area contributed by atoms with Crippen LogP contribution in [0.25, 0.3) is 22.0 Å². The fourth-order valence-electron chi connectivity index (χ4n) is 2.09. The highest BCUT2D eigenvalue weighted by Gasteiger charge is 2.03. The van der Waals surface area contributed by atoms with Gasteiger partial charge in [-0.1, -0.05) is 48.5 Å². The van der Waals surface area contributed by atoms with Crippen molar-refractivity contribution in [2.45, 2.75) is 6.92 Å². The summed E-state index contributed by atoms with van der Waals surface area (Å²) >= 11 is 0. The van der Waals surface area contributed by atoms with Gasteiger partial charge in [-0.3, -0.25) is 4.98 Å². The summed E-state index contributed by atoms with van der Waals surface area (Å²) in [5.74, 6) is 0. The van der Waals surface area contributed by atoms with Crippen LogP contribution in [-0.2, 0) is 0 Å². The lowest BCUT2D eigenvalue weighted by Gasteiger charge is -2.06. The lowest BCUT2D eigenvalue weighted by atomic mass is 10.0. The highest BCUT2D eigenvalue weighted by atomic mass is 14.7. The van der Waals surface area contributed by atoms with E-state index in [1.807, 2.05) is 12.3 Å². The highest BCUT2D eigenvalue weighted by Crippen LogP contribution is 2.24. The fraction of sp³-hybridized carbons (Fsp3) is 0.0625. The van der Waals surface area contributed by atoms with Crippen LogP contribution in [0.3, 0.4) is 0 Å². The fourth-order valence-corrected chi connectivity index (χ4v) is 2.09. The van der Waals surface area contributed by atoms with Gasteiger partial charge in [-0.25, -0.2) is 0 Å². The summed E-state index contributed by atoms with van der Waals surface area (Å²) < 4.78 is 0. The molecule has 1 aromatic heterocycles. The molecule has 1 heterocycles. The first-order valence-electron chi connectivity index (χ1n) is 5.75. The first-order valence-corrected chi connectivity index (χ1v) is 5.75. The largest absolute Gasteiger partial charge is 0.256 e. The van der Waals surface area contributed by atoms with Crippen LogP contribution in [0.2, 0.25) is 0 Å². The Morgan fingerprint density at radius 3 is 2.35 bits per heavy atom. The van der Waals surface area contributed by atoms with E-state index in [2.05, 4.69) is 60.4 Å². The van der Waals surface area contributed by atoms with Gasteiger partial charge in [0, 0.05) is 17.1 Å². The first-order chi connectivity index (χ1) is 8.34. The zero-order chi connectivity index (χ0) is 11.7. The van der Waals surface area contributed by atoms with Gasteiger partial charge in [0.15, 0.2) is 0 Å². The highest BCUT2D eigenvalue weighted by molar-refractivity contribution is 5.85. The molecule has 0 amide bonds. The van der Waals surface area contributed by atoms with Gasteiger partial charge < -0.3 is 0 Å². The molecule has 17 heavy (non-hydrogen) atoms. The summed E-state index contributed by atoms with van der Waals surface area (Å²) in [5, 5.41) is 2.42. The topological polar surface area (TPSA) is 12.9 Å². The Labute approximate surface area is 101 Å². The Hall–Kier alpha value is -2.15. The Morgan fingerprint density at radius 2 is 1.53 bits per heavy atom. The van der Waals surface area contributed by atoms with E-state index < -0.39 is 0 Å². The quantitative estimate of drug-likeness (QED) is 0.597. The molecule has 0 aliphatic carbocycles. The number of nitrogens with zero attached hydrogens (tertiary/aromatic N) is 1. The summed E-state index contributed by atoms with van der Waals surface area (Å²) in [4.78, 5) is 4.54. The van der Waals surface area contributed by atoms with Crippen molar-refractivity contribution in [3.8, 4) is 11.3 Å².